The molecule has 0 heterocycles. The van der Waals surface area contributed by atoms with Crippen LogP contribution in [-0.4, -0.2) is 89.6 Å². The molecular weight excluding hydrogens is 378 g/mol. The van der Waals surface area contributed by atoms with Crippen molar-refractivity contribution in [3.05, 3.63) is 0 Å². The van der Waals surface area contributed by atoms with Gasteiger partial charge in [-0.2, -0.15) is 0 Å². The number of carbonyl (C=O) groups excluding carboxylic acids is 2. The summed E-state index contributed by atoms with van der Waals surface area (Å²) in [6.45, 7) is 12.4. The third kappa shape index (κ3) is 13.6. The minimum Gasteiger partial charge on any atom is -0.465 e. The molecule has 0 rings (SSSR count). The Bertz CT molecular complexity index is 539. The van der Waals surface area contributed by atoms with Gasteiger partial charge in [0.25, 0.3) is 0 Å². The topological polar surface area (TPSA) is 99.6 Å². The van der Waals surface area contributed by atoms with E-state index in [0.29, 0.717) is 45.4 Å². The SMILES string of the molecule is CN(CCCCN(CCCN(C)C(=O)OC(C)(C)C)C(=O)O)C(=O)OC(C)(C)C. The average molecular weight is 418 g/mol. The van der Waals surface area contributed by atoms with E-state index in [2.05, 4.69) is 0 Å². The summed E-state index contributed by atoms with van der Waals surface area (Å²) in [5.74, 6) is 0. The van der Waals surface area contributed by atoms with E-state index in [-0.39, 0.29) is 0 Å². The molecular formula is C20H39N3O6. The normalized spacial score (nSPS) is 11.6. The summed E-state index contributed by atoms with van der Waals surface area (Å²) in [5, 5.41) is 9.36. The van der Waals surface area contributed by atoms with Crippen molar-refractivity contribution in [1.29, 1.82) is 0 Å². The van der Waals surface area contributed by atoms with Gasteiger partial charge in [0.05, 0.1) is 0 Å². The molecule has 0 bridgehead atoms. The van der Waals surface area contributed by atoms with Crippen LogP contribution in [0.15, 0.2) is 0 Å². The van der Waals surface area contributed by atoms with Crippen molar-refractivity contribution < 1.29 is 29.0 Å². The standard InChI is InChI=1S/C20H39N3O6/c1-19(2,3)28-17(26)21(7)12-9-10-14-23(16(24)25)15-11-13-22(8)18(27)29-20(4,5)6/h9-15H2,1-8H3,(H,24,25). The second-order valence-corrected chi connectivity index (χ2v) is 9.13. The number of hydrogen-bond donors (Lipinski definition) is 1. The molecule has 9 nitrogen and oxygen atoms in total. The Hall–Kier alpha value is -2.19. The van der Waals surface area contributed by atoms with E-state index in [4.69, 9.17) is 9.47 Å². The summed E-state index contributed by atoms with van der Waals surface area (Å²) in [5.41, 5.74) is -1.11. The smallest absolute Gasteiger partial charge is 0.410 e. The van der Waals surface area contributed by atoms with Crippen LogP contribution in [-0.2, 0) is 9.47 Å². The van der Waals surface area contributed by atoms with Gasteiger partial charge in [-0.15, -0.1) is 0 Å². The first-order valence-electron chi connectivity index (χ1n) is 9.98. The summed E-state index contributed by atoms with van der Waals surface area (Å²) >= 11 is 0. The fourth-order valence-corrected chi connectivity index (χ4v) is 2.32. The van der Waals surface area contributed by atoms with Crippen LogP contribution < -0.4 is 0 Å². The number of nitrogens with zero attached hydrogens (tertiary/aromatic N) is 3. The fraction of sp³-hybridized carbons (Fsp3) is 0.850. The molecule has 0 radical (unpaired) electrons. The Morgan fingerprint density at radius 3 is 1.41 bits per heavy atom. The molecule has 1 N–H and O–H groups in total. The molecule has 29 heavy (non-hydrogen) atoms. The summed E-state index contributed by atoms with van der Waals surface area (Å²) in [6.07, 6.45) is -0.00818. The lowest BCUT2D eigenvalue weighted by Crippen LogP contribution is -2.37. The van der Waals surface area contributed by atoms with E-state index < -0.39 is 29.5 Å². The molecule has 0 unspecified atom stereocenters. The number of rotatable bonds is 9. The molecule has 9 heteroatoms. The molecule has 0 aromatic heterocycles. The largest absolute Gasteiger partial charge is 0.465 e. The average Bonchev–Trinajstić information content (AvgIpc) is 2.52. The van der Waals surface area contributed by atoms with Gasteiger partial charge in [0.1, 0.15) is 11.2 Å². The first-order valence-corrected chi connectivity index (χ1v) is 9.98. The highest BCUT2D eigenvalue weighted by Gasteiger charge is 2.21. The predicted octanol–water partition coefficient (Wildman–Crippen LogP) is 3.87. The molecule has 0 aliphatic carbocycles. The number of carbonyl (C=O) groups is 3. The third-order valence-corrected chi connectivity index (χ3v) is 3.77. The van der Waals surface area contributed by atoms with Crippen LogP contribution in [0.25, 0.3) is 0 Å². The van der Waals surface area contributed by atoms with Crippen LogP contribution >= 0.6 is 0 Å². The summed E-state index contributed by atoms with van der Waals surface area (Å²) in [7, 11) is 3.29. The van der Waals surface area contributed by atoms with Gasteiger partial charge >= 0.3 is 18.3 Å². The van der Waals surface area contributed by atoms with Crippen LogP contribution in [0.4, 0.5) is 14.4 Å². The predicted molar refractivity (Wildman–Crippen MR) is 111 cm³/mol. The van der Waals surface area contributed by atoms with Crippen molar-refractivity contribution in [2.24, 2.45) is 0 Å². The van der Waals surface area contributed by atoms with Crippen molar-refractivity contribution in [3.63, 3.8) is 0 Å². The van der Waals surface area contributed by atoms with Crippen LogP contribution in [0.3, 0.4) is 0 Å². The van der Waals surface area contributed by atoms with Crippen LogP contribution in [0.1, 0.15) is 60.8 Å². The zero-order chi connectivity index (χ0) is 22.8. The quantitative estimate of drug-likeness (QED) is 0.572. The number of amides is 3. The zero-order valence-electron chi connectivity index (χ0n) is 19.3. The van der Waals surface area contributed by atoms with E-state index in [0.717, 1.165) is 0 Å². The molecule has 0 spiro atoms. The van der Waals surface area contributed by atoms with Gasteiger partial charge in [0, 0.05) is 40.3 Å². The highest BCUT2D eigenvalue weighted by atomic mass is 16.6. The number of carboxylic acid groups (broad SMARTS) is 1. The first-order chi connectivity index (χ1) is 13.1. The molecule has 0 aromatic carbocycles. The molecule has 0 aromatic rings. The summed E-state index contributed by atoms with van der Waals surface area (Å²) in [4.78, 5) is 39.5. The third-order valence-electron chi connectivity index (χ3n) is 3.77. The Labute approximate surface area is 174 Å². The van der Waals surface area contributed by atoms with Gasteiger partial charge in [-0.1, -0.05) is 0 Å². The maximum Gasteiger partial charge on any atom is 0.410 e. The Morgan fingerprint density at radius 1 is 0.690 bits per heavy atom. The lowest BCUT2D eigenvalue weighted by molar-refractivity contribution is 0.0280. The van der Waals surface area contributed by atoms with E-state index in [1.807, 2.05) is 20.8 Å². The highest BCUT2D eigenvalue weighted by molar-refractivity contribution is 5.68. The monoisotopic (exact) mass is 417 g/mol. The van der Waals surface area contributed by atoms with Crippen molar-refractivity contribution in [3.8, 4) is 0 Å². The second kappa shape index (κ2) is 11.7. The van der Waals surface area contributed by atoms with Crippen LogP contribution in [0, 0.1) is 0 Å². The number of hydrogen-bond acceptors (Lipinski definition) is 5. The molecule has 3 amide bonds. The van der Waals surface area contributed by atoms with Crippen molar-refractivity contribution in [2.45, 2.75) is 72.0 Å². The van der Waals surface area contributed by atoms with E-state index in [1.165, 1.54) is 14.7 Å². The van der Waals surface area contributed by atoms with E-state index in [9.17, 15) is 19.5 Å². The number of unbranched alkanes of at least 4 members (excludes halogenated alkanes) is 1. The van der Waals surface area contributed by atoms with Crippen molar-refractivity contribution in [1.82, 2.24) is 14.7 Å². The van der Waals surface area contributed by atoms with Crippen LogP contribution in [0.5, 0.6) is 0 Å². The summed E-state index contributed by atoms with van der Waals surface area (Å²) in [6, 6.07) is 0. The minimum atomic E-state index is -0.995. The van der Waals surface area contributed by atoms with Crippen LogP contribution in [0.2, 0.25) is 0 Å². The van der Waals surface area contributed by atoms with Gasteiger partial charge in [-0.25, -0.2) is 14.4 Å². The van der Waals surface area contributed by atoms with Gasteiger partial charge in [0.15, 0.2) is 0 Å². The van der Waals surface area contributed by atoms with Gasteiger partial charge in [-0.05, 0) is 60.8 Å². The Kier molecular flexibility index (Phi) is 10.8. The highest BCUT2D eigenvalue weighted by Crippen LogP contribution is 2.11. The van der Waals surface area contributed by atoms with Gasteiger partial charge < -0.3 is 29.3 Å². The molecule has 0 saturated carbocycles. The molecule has 0 aliphatic heterocycles. The van der Waals surface area contributed by atoms with Crippen molar-refractivity contribution in [2.75, 3.05) is 40.3 Å². The Morgan fingerprint density at radius 2 is 1.03 bits per heavy atom. The lowest BCUT2D eigenvalue weighted by Gasteiger charge is -2.26. The maximum atomic E-state index is 11.9. The molecule has 0 saturated heterocycles. The molecule has 0 aliphatic rings. The van der Waals surface area contributed by atoms with Gasteiger partial charge in [-0.3, -0.25) is 0 Å². The fourth-order valence-electron chi connectivity index (χ4n) is 2.32. The van der Waals surface area contributed by atoms with E-state index >= 15 is 0 Å². The first kappa shape index (κ1) is 26.8. The van der Waals surface area contributed by atoms with Crippen molar-refractivity contribution >= 4 is 18.3 Å². The molecule has 0 fully saturated rings. The lowest BCUT2D eigenvalue weighted by atomic mass is 10.2. The summed E-state index contributed by atoms with van der Waals surface area (Å²) < 4.78 is 10.6. The van der Waals surface area contributed by atoms with E-state index in [1.54, 1.807) is 34.9 Å². The molecule has 170 valence electrons. The minimum absolute atomic E-state index is 0.324. The zero-order valence-corrected chi connectivity index (χ0v) is 19.3. The molecule has 0 atom stereocenters. The number of ether oxygens (including phenoxy) is 2. The second-order valence-electron chi connectivity index (χ2n) is 9.13. The maximum absolute atomic E-state index is 11.9. The van der Waals surface area contributed by atoms with Gasteiger partial charge in [0.2, 0.25) is 0 Å². The Balaban J connectivity index is 4.23.